The summed E-state index contributed by atoms with van der Waals surface area (Å²) in [6.07, 6.45) is 6.54. The molecule has 1 saturated carbocycles. The van der Waals surface area contributed by atoms with E-state index in [1.54, 1.807) is 12.1 Å². The van der Waals surface area contributed by atoms with E-state index in [2.05, 4.69) is 60.2 Å². The average Bonchev–Trinajstić information content (AvgIpc) is 3.42. The first-order chi connectivity index (χ1) is 21.6. The van der Waals surface area contributed by atoms with E-state index < -0.39 is 0 Å². The van der Waals surface area contributed by atoms with Crippen LogP contribution >= 0.6 is 11.6 Å². The van der Waals surface area contributed by atoms with E-state index in [-0.39, 0.29) is 34.8 Å². The van der Waals surface area contributed by atoms with Gasteiger partial charge in [-0.2, -0.15) is 10.4 Å². The number of nitrogens with zero attached hydrogens (tertiary/aromatic N) is 4. The number of hydrogen-bond acceptors (Lipinski definition) is 6. The second-order valence-electron chi connectivity index (χ2n) is 14.3. The Morgan fingerprint density at radius 3 is 2.40 bits per heavy atom. The summed E-state index contributed by atoms with van der Waals surface area (Å²) in [5.74, 6) is 1.32. The van der Waals surface area contributed by atoms with Gasteiger partial charge in [-0.1, -0.05) is 57.5 Å². The van der Waals surface area contributed by atoms with Crippen LogP contribution in [0.2, 0.25) is 5.02 Å². The third kappa shape index (κ3) is 6.36. The second kappa shape index (κ2) is 12.8. The molecule has 3 heterocycles. The van der Waals surface area contributed by atoms with Gasteiger partial charge in [0.05, 0.1) is 28.0 Å². The lowest BCUT2D eigenvalue weighted by Gasteiger charge is -2.62. The van der Waals surface area contributed by atoms with E-state index in [0.29, 0.717) is 21.9 Å². The van der Waals surface area contributed by atoms with Gasteiger partial charge in [0.15, 0.2) is 0 Å². The van der Waals surface area contributed by atoms with Crippen molar-refractivity contribution in [2.45, 2.75) is 71.4 Å². The Hall–Kier alpha value is -3.38. The summed E-state index contributed by atoms with van der Waals surface area (Å²) in [6, 6.07) is 17.0. The number of carbonyl (C=O) groups excluding carboxylic acids is 1. The van der Waals surface area contributed by atoms with E-state index in [1.165, 1.54) is 19.4 Å². The van der Waals surface area contributed by atoms with Gasteiger partial charge in [0.1, 0.15) is 17.9 Å². The van der Waals surface area contributed by atoms with Gasteiger partial charge >= 0.3 is 0 Å². The molecule has 0 unspecified atom stereocenters. The molecule has 3 aliphatic rings. The van der Waals surface area contributed by atoms with Gasteiger partial charge in [-0.3, -0.25) is 9.48 Å². The Kier molecular flexibility index (Phi) is 8.98. The molecule has 2 aromatic carbocycles. The molecule has 0 atom stereocenters. The average molecular weight is 629 g/mol. The Balaban J connectivity index is 1.24. The van der Waals surface area contributed by atoms with Crippen LogP contribution in [0.3, 0.4) is 0 Å². The highest BCUT2D eigenvalue weighted by Gasteiger charge is 2.65. The number of benzene rings is 2. The van der Waals surface area contributed by atoms with Gasteiger partial charge in [-0.25, -0.2) is 0 Å². The number of anilines is 1. The largest absolute Gasteiger partial charge is 0.489 e. The topological polar surface area (TPSA) is 95.2 Å². The first-order valence-corrected chi connectivity index (χ1v) is 16.7. The molecule has 1 amide bonds. The van der Waals surface area contributed by atoms with Crippen LogP contribution in [0.15, 0.2) is 54.7 Å². The number of amides is 1. The maximum absolute atomic E-state index is 13.4. The fraction of sp³-hybridized carbons (Fsp3) is 0.528. The van der Waals surface area contributed by atoms with Crippen LogP contribution in [0.1, 0.15) is 87.0 Å². The van der Waals surface area contributed by atoms with Crippen LogP contribution in [-0.4, -0.2) is 59.4 Å². The lowest BCUT2D eigenvalue weighted by molar-refractivity contribution is -0.161. The van der Waals surface area contributed by atoms with Gasteiger partial charge < -0.3 is 20.3 Å². The Morgan fingerprint density at radius 1 is 1.07 bits per heavy atom. The van der Waals surface area contributed by atoms with Gasteiger partial charge in [-0.05, 0) is 69.0 Å². The number of carbonyl (C=O) groups is 1. The number of halogens is 1. The lowest BCUT2D eigenvalue weighted by atomic mass is 9.45. The Labute approximate surface area is 272 Å². The van der Waals surface area contributed by atoms with Crippen molar-refractivity contribution in [3.05, 3.63) is 76.6 Å². The van der Waals surface area contributed by atoms with Crippen molar-refractivity contribution in [3.63, 3.8) is 0 Å². The number of nitriles is 1. The molecule has 6 rings (SSSR count). The molecule has 2 saturated heterocycles. The molecule has 1 aromatic heterocycles. The lowest BCUT2D eigenvalue weighted by Crippen LogP contribution is -2.64. The molecular formula is C36H45ClN6O2. The number of piperidine rings is 2. The molecule has 3 fully saturated rings. The zero-order valence-electron chi connectivity index (χ0n) is 26.9. The molecule has 0 bridgehead atoms. The predicted molar refractivity (Wildman–Crippen MR) is 178 cm³/mol. The fourth-order valence-corrected chi connectivity index (χ4v) is 8.62. The molecule has 0 radical (unpaired) electrons. The number of ether oxygens (including phenoxy) is 1. The highest BCUT2D eigenvalue weighted by molar-refractivity contribution is 6.31. The van der Waals surface area contributed by atoms with Gasteiger partial charge in [0.2, 0.25) is 0 Å². The number of nitrogens with one attached hydrogen (secondary N) is 2. The van der Waals surface area contributed by atoms with E-state index >= 15 is 0 Å². The summed E-state index contributed by atoms with van der Waals surface area (Å²) in [7, 11) is 0. The normalized spacial score (nSPS) is 23.6. The van der Waals surface area contributed by atoms with Gasteiger partial charge in [-0.15, -0.1) is 0 Å². The van der Waals surface area contributed by atoms with Crippen LogP contribution < -0.4 is 15.4 Å². The summed E-state index contributed by atoms with van der Waals surface area (Å²) in [5.41, 5.74) is 2.13. The van der Waals surface area contributed by atoms with Crippen molar-refractivity contribution in [2.24, 2.45) is 16.7 Å². The summed E-state index contributed by atoms with van der Waals surface area (Å²) < 4.78 is 8.70. The van der Waals surface area contributed by atoms with E-state index in [4.69, 9.17) is 21.4 Å². The minimum atomic E-state index is -0.298. The SMILES string of the molecule is CC1(C)C(Oc2ccc(C#N)c(Cl)c2)C(C)(C)C1c1nn(C2CCN(CC3CCNCC3)CC2)cc1NC(=O)c1ccccc1. The predicted octanol–water partition coefficient (Wildman–Crippen LogP) is 6.89. The quantitative estimate of drug-likeness (QED) is 0.282. The number of rotatable bonds is 8. The molecule has 45 heavy (non-hydrogen) atoms. The van der Waals surface area contributed by atoms with Crippen LogP contribution in [0.5, 0.6) is 5.75 Å². The second-order valence-corrected chi connectivity index (χ2v) is 14.7. The van der Waals surface area contributed by atoms with Crippen molar-refractivity contribution >= 4 is 23.2 Å². The number of hydrogen-bond donors (Lipinski definition) is 2. The zero-order valence-corrected chi connectivity index (χ0v) is 27.6. The van der Waals surface area contributed by atoms with Crippen molar-refractivity contribution in [3.8, 4) is 11.8 Å². The van der Waals surface area contributed by atoms with Crippen molar-refractivity contribution in [1.82, 2.24) is 20.0 Å². The number of aromatic nitrogens is 2. The van der Waals surface area contributed by atoms with E-state index in [9.17, 15) is 10.1 Å². The summed E-state index contributed by atoms with van der Waals surface area (Å²) in [5, 5.41) is 21.7. The van der Waals surface area contributed by atoms with Crippen LogP contribution in [0, 0.1) is 28.1 Å². The van der Waals surface area contributed by atoms with E-state index in [1.807, 2.05) is 36.4 Å². The minimum Gasteiger partial charge on any atom is -0.489 e. The Morgan fingerprint density at radius 2 is 1.76 bits per heavy atom. The monoisotopic (exact) mass is 628 g/mol. The summed E-state index contributed by atoms with van der Waals surface area (Å²) >= 11 is 6.33. The fourth-order valence-electron chi connectivity index (χ4n) is 8.41. The molecular weight excluding hydrogens is 584 g/mol. The summed E-state index contributed by atoms with van der Waals surface area (Å²) in [6.45, 7) is 14.4. The molecule has 2 N–H and O–H groups in total. The molecule has 1 aliphatic carbocycles. The minimum absolute atomic E-state index is 0.0242. The molecule has 3 aromatic rings. The molecule has 8 nitrogen and oxygen atoms in total. The highest BCUT2D eigenvalue weighted by Crippen LogP contribution is 2.65. The van der Waals surface area contributed by atoms with Crippen molar-refractivity contribution in [1.29, 1.82) is 5.26 Å². The smallest absolute Gasteiger partial charge is 0.255 e. The maximum Gasteiger partial charge on any atom is 0.255 e. The van der Waals surface area contributed by atoms with E-state index in [0.717, 1.165) is 56.3 Å². The standard InChI is InChI=1S/C36H45ClN6O2/c1-35(2)32(36(3,4)34(35)45-28-11-10-26(21-38)29(37)20-28)31-30(40-33(44)25-8-6-5-7-9-25)23-43(41-31)27-14-18-42(19-15-27)22-24-12-16-39-17-13-24/h5-11,20,23-24,27,32,34,39H,12-19,22H2,1-4H3,(H,40,44). The third-order valence-electron chi connectivity index (χ3n) is 10.4. The summed E-state index contributed by atoms with van der Waals surface area (Å²) in [4.78, 5) is 16.0. The first-order valence-electron chi connectivity index (χ1n) is 16.3. The molecule has 2 aliphatic heterocycles. The van der Waals surface area contributed by atoms with Crippen LogP contribution in [0.4, 0.5) is 5.69 Å². The Bertz CT molecular complexity index is 1530. The maximum atomic E-state index is 13.4. The van der Waals surface area contributed by atoms with Crippen molar-refractivity contribution in [2.75, 3.05) is 38.0 Å². The van der Waals surface area contributed by atoms with Crippen molar-refractivity contribution < 1.29 is 9.53 Å². The van der Waals surface area contributed by atoms with Crippen LogP contribution in [-0.2, 0) is 0 Å². The van der Waals surface area contributed by atoms with Crippen LogP contribution in [0.25, 0.3) is 0 Å². The first kappa shape index (κ1) is 31.6. The molecule has 0 spiro atoms. The van der Waals surface area contributed by atoms with Gasteiger partial charge in [0, 0.05) is 54.2 Å². The number of likely N-dealkylation sites (tertiary alicyclic amines) is 1. The van der Waals surface area contributed by atoms with Gasteiger partial charge in [0.25, 0.3) is 5.91 Å². The molecule has 9 heteroatoms. The molecule has 238 valence electrons. The highest BCUT2D eigenvalue weighted by atomic mass is 35.5. The third-order valence-corrected chi connectivity index (χ3v) is 10.7. The zero-order chi connectivity index (χ0) is 31.8.